The third-order valence-electron chi connectivity index (χ3n) is 1.99. The Balaban J connectivity index is 2.59. The van der Waals surface area contributed by atoms with Crippen LogP contribution >= 0.6 is 0 Å². The monoisotopic (exact) mass is 226 g/mol. The lowest BCUT2D eigenvalue weighted by molar-refractivity contribution is -0.142. The van der Waals surface area contributed by atoms with Gasteiger partial charge in [0.2, 0.25) is 0 Å². The van der Waals surface area contributed by atoms with Crippen LogP contribution in [-0.2, 0) is 16.0 Å². The Morgan fingerprint density at radius 3 is 2.81 bits per heavy atom. The van der Waals surface area contributed by atoms with Crippen LogP contribution < -0.4 is 11.1 Å². The molecular formula is C10H14N2O4. The molecule has 1 heterocycles. The average Bonchev–Trinajstić information content (AvgIpc) is 2.24. The summed E-state index contributed by atoms with van der Waals surface area (Å²) in [7, 11) is 0. The fourth-order valence-corrected chi connectivity index (χ4v) is 1.13. The summed E-state index contributed by atoms with van der Waals surface area (Å²) < 4.78 is 4.88. The first-order chi connectivity index (χ1) is 7.63. The molecule has 88 valence electrons. The molecule has 1 aromatic rings. The fourth-order valence-electron chi connectivity index (χ4n) is 1.13. The Morgan fingerprint density at radius 2 is 2.12 bits per heavy atom. The second-order valence-electron chi connectivity index (χ2n) is 3.36. The van der Waals surface area contributed by atoms with E-state index in [1.807, 2.05) is 6.92 Å². The summed E-state index contributed by atoms with van der Waals surface area (Å²) >= 11 is 0. The number of esters is 1. The van der Waals surface area contributed by atoms with Gasteiger partial charge in [0.05, 0.1) is 13.0 Å². The smallest absolute Gasteiger partial charge is 0.310 e. The fraction of sp³-hybridized carbons (Fsp3) is 0.500. The summed E-state index contributed by atoms with van der Waals surface area (Å²) in [4.78, 5) is 33.4. The zero-order valence-electron chi connectivity index (χ0n) is 9.04. The Kier molecular flexibility index (Phi) is 4.50. The third-order valence-corrected chi connectivity index (χ3v) is 1.99. The summed E-state index contributed by atoms with van der Waals surface area (Å²) in [5.74, 6) is -0.496. The molecule has 0 amide bonds. The highest BCUT2D eigenvalue weighted by Gasteiger charge is 2.08. The van der Waals surface area contributed by atoms with Crippen LogP contribution in [0.5, 0.6) is 0 Å². The average molecular weight is 226 g/mol. The molecule has 0 unspecified atom stereocenters. The predicted octanol–water partition coefficient (Wildman–Crippen LogP) is -0.0510. The highest BCUT2D eigenvalue weighted by Crippen LogP contribution is 1.93. The molecule has 0 aromatic carbocycles. The minimum Gasteiger partial charge on any atom is -0.465 e. The number of carbonyl (C=O) groups is 1. The van der Waals surface area contributed by atoms with E-state index in [1.165, 1.54) is 0 Å². The lowest BCUT2D eigenvalue weighted by Crippen LogP contribution is -2.24. The van der Waals surface area contributed by atoms with Crippen molar-refractivity contribution in [3.63, 3.8) is 0 Å². The van der Waals surface area contributed by atoms with E-state index in [0.29, 0.717) is 6.61 Å². The predicted molar refractivity (Wildman–Crippen MR) is 57.3 cm³/mol. The molecule has 6 heteroatoms. The molecule has 0 spiro atoms. The Bertz CT molecular complexity index is 460. The molecule has 16 heavy (non-hydrogen) atoms. The number of H-pyrrole nitrogens is 2. The van der Waals surface area contributed by atoms with Gasteiger partial charge in [0.25, 0.3) is 11.1 Å². The van der Waals surface area contributed by atoms with Gasteiger partial charge in [-0.3, -0.25) is 24.6 Å². The van der Waals surface area contributed by atoms with Crippen LogP contribution in [0.2, 0.25) is 0 Å². The molecule has 0 aliphatic rings. The lowest BCUT2D eigenvalue weighted by atomic mass is 10.2. The van der Waals surface area contributed by atoms with Gasteiger partial charge in [0.15, 0.2) is 0 Å². The molecule has 1 rings (SSSR count). The van der Waals surface area contributed by atoms with Crippen LogP contribution in [0.25, 0.3) is 0 Å². The van der Waals surface area contributed by atoms with Crippen LogP contribution in [0.4, 0.5) is 0 Å². The third kappa shape index (κ3) is 3.72. The summed E-state index contributed by atoms with van der Waals surface area (Å²) in [6, 6.07) is 1.10. The van der Waals surface area contributed by atoms with Gasteiger partial charge in [0.1, 0.15) is 0 Å². The first kappa shape index (κ1) is 12.2. The van der Waals surface area contributed by atoms with Gasteiger partial charge < -0.3 is 4.74 Å². The number of ether oxygens (including phenoxy) is 1. The summed E-state index contributed by atoms with van der Waals surface area (Å²) in [6.07, 6.45) is 1.54. The van der Waals surface area contributed by atoms with Crippen LogP contribution in [0, 0.1) is 0 Å². The molecule has 0 aliphatic carbocycles. The molecule has 0 bridgehead atoms. The molecule has 0 aliphatic heterocycles. The van der Waals surface area contributed by atoms with E-state index < -0.39 is 17.1 Å². The molecule has 2 N–H and O–H groups in total. The second kappa shape index (κ2) is 5.89. The quantitative estimate of drug-likeness (QED) is 0.544. The zero-order valence-corrected chi connectivity index (χ0v) is 9.04. The summed E-state index contributed by atoms with van der Waals surface area (Å²) in [5, 5.41) is 4.26. The number of unbranched alkanes of at least 4 members (excludes halogenated alkanes) is 1. The highest BCUT2D eigenvalue weighted by molar-refractivity contribution is 5.72. The van der Waals surface area contributed by atoms with E-state index in [1.54, 1.807) is 0 Å². The van der Waals surface area contributed by atoms with E-state index >= 15 is 0 Å². The molecule has 0 atom stereocenters. The number of aromatic nitrogens is 2. The number of nitrogens with one attached hydrogen (secondary N) is 2. The van der Waals surface area contributed by atoms with Crippen LogP contribution in [0.15, 0.2) is 15.7 Å². The topological polar surface area (TPSA) is 92.0 Å². The maximum Gasteiger partial charge on any atom is 0.310 e. The van der Waals surface area contributed by atoms with Crippen molar-refractivity contribution in [3.8, 4) is 0 Å². The van der Waals surface area contributed by atoms with Crippen molar-refractivity contribution < 1.29 is 9.53 Å². The van der Waals surface area contributed by atoms with Gasteiger partial charge in [-0.25, -0.2) is 0 Å². The number of hydrogen-bond acceptors (Lipinski definition) is 4. The standard InChI is InChI=1S/C10H14N2O4/c1-2-3-4-16-9(14)6-7-5-8(13)11-12-10(7)15/h5H,2-4,6H2,1H3,(H,11,13)(H,12,15). The van der Waals surface area contributed by atoms with Gasteiger partial charge in [-0.05, 0) is 6.42 Å². The van der Waals surface area contributed by atoms with E-state index in [2.05, 4.69) is 10.2 Å². The molecule has 0 radical (unpaired) electrons. The van der Waals surface area contributed by atoms with Crippen molar-refractivity contribution >= 4 is 5.97 Å². The van der Waals surface area contributed by atoms with E-state index in [0.717, 1.165) is 18.9 Å². The Morgan fingerprint density at radius 1 is 1.38 bits per heavy atom. The Hall–Kier alpha value is -1.85. The van der Waals surface area contributed by atoms with Crippen LogP contribution in [0.3, 0.4) is 0 Å². The minimum atomic E-state index is -0.496. The number of rotatable bonds is 5. The van der Waals surface area contributed by atoms with Gasteiger partial charge in [-0.2, -0.15) is 0 Å². The molecule has 1 aromatic heterocycles. The molecule has 0 saturated heterocycles. The van der Waals surface area contributed by atoms with Crippen molar-refractivity contribution in [2.75, 3.05) is 6.61 Å². The number of hydrogen-bond donors (Lipinski definition) is 2. The largest absolute Gasteiger partial charge is 0.465 e. The van der Waals surface area contributed by atoms with Gasteiger partial charge in [0, 0.05) is 11.6 Å². The van der Waals surface area contributed by atoms with Crippen molar-refractivity contribution in [2.24, 2.45) is 0 Å². The summed E-state index contributed by atoms with van der Waals surface area (Å²) in [5.41, 5.74) is -0.812. The maximum absolute atomic E-state index is 11.3. The summed E-state index contributed by atoms with van der Waals surface area (Å²) in [6.45, 7) is 2.33. The molecule has 0 saturated carbocycles. The first-order valence-corrected chi connectivity index (χ1v) is 5.10. The van der Waals surface area contributed by atoms with Gasteiger partial charge in [-0.1, -0.05) is 13.3 Å². The van der Waals surface area contributed by atoms with Crippen molar-refractivity contribution in [3.05, 3.63) is 32.3 Å². The SMILES string of the molecule is CCCCOC(=O)Cc1cc(=O)[nH][nH]c1=O. The van der Waals surface area contributed by atoms with Crippen molar-refractivity contribution in [1.82, 2.24) is 10.2 Å². The minimum absolute atomic E-state index is 0.116. The lowest BCUT2D eigenvalue weighted by Gasteiger charge is -2.02. The van der Waals surface area contributed by atoms with Gasteiger partial charge in [-0.15, -0.1) is 0 Å². The number of aromatic amines is 2. The van der Waals surface area contributed by atoms with Crippen LogP contribution in [0.1, 0.15) is 25.3 Å². The molecular weight excluding hydrogens is 212 g/mol. The zero-order chi connectivity index (χ0) is 12.0. The van der Waals surface area contributed by atoms with Crippen molar-refractivity contribution in [2.45, 2.75) is 26.2 Å². The number of carbonyl (C=O) groups excluding carboxylic acids is 1. The normalized spacial score (nSPS) is 10.1. The maximum atomic E-state index is 11.3. The van der Waals surface area contributed by atoms with Gasteiger partial charge >= 0.3 is 5.97 Å². The molecule has 0 fully saturated rings. The van der Waals surface area contributed by atoms with E-state index in [9.17, 15) is 14.4 Å². The highest BCUT2D eigenvalue weighted by atomic mass is 16.5. The van der Waals surface area contributed by atoms with E-state index in [4.69, 9.17) is 4.74 Å². The first-order valence-electron chi connectivity index (χ1n) is 5.10. The Labute approximate surface area is 91.6 Å². The van der Waals surface area contributed by atoms with Crippen molar-refractivity contribution in [1.29, 1.82) is 0 Å². The van der Waals surface area contributed by atoms with E-state index in [-0.39, 0.29) is 12.0 Å². The van der Waals surface area contributed by atoms with Crippen LogP contribution in [-0.4, -0.2) is 22.8 Å². The molecule has 6 nitrogen and oxygen atoms in total. The second-order valence-corrected chi connectivity index (χ2v) is 3.36.